The Morgan fingerprint density at radius 3 is 2.55 bits per heavy atom. The van der Waals surface area contributed by atoms with E-state index in [0.717, 1.165) is 5.75 Å². The number of hydrazone groups is 1. The molecule has 0 radical (unpaired) electrons. The summed E-state index contributed by atoms with van der Waals surface area (Å²) in [7, 11) is 0. The van der Waals surface area contributed by atoms with Gasteiger partial charge in [-0.2, -0.15) is 5.10 Å². The minimum atomic E-state index is -0.250. The molecule has 29 heavy (non-hydrogen) atoms. The zero-order valence-corrected chi connectivity index (χ0v) is 18.0. The molecule has 0 fully saturated rings. The maximum Gasteiger partial charge on any atom is 0.236 e. The van der Waals surface area contributed by atoms with Crippen molar-refractivity contribution in [3.63, 3.8) is 0 Å². The van der Waals surface area contributed by atoms with Gasteiger partial charge in [0.15, 0.2) is 11.5 Å². The summed E-state index contributed by atoms with van der Waals surface area (Å²) in [4.78, 5) is 10.9. The molecule has 0 aliphatic carbocycles. The number of halogens is 1. The van der Waals surface area contributed by atoms with Crippen LogP contribution in [0.5, 0.6) is 17.2 Å². The monoisotopic (exact) mass is 418 g/mol. The van der Waals surface area contributed by atoms with Crippen LogP contribution in [-0.4, -0.2) is 31.9 Å². The molecule has 156 valence electrons. The summed E-state index contributed by atoms with van der Waals surface area (Å²) in [5.41, 5.74) is 5.48. The predicted octanol–water partition coefficient (Wildman–Crippen LogP) is 4.67. The minimum Gasteiger partial charge on any atom is -0.493 e. The van der Waals surface area contributed by atoms with Crippen molar-refractivity contribution in [2.45, 2.75) is 34.1 Å². The molecule has 0 unspecified atom stereocenters. The molecule has 0 bridgehead atoms. The molecule has 0 saturated heterocycles. The zero-order chi connectivity index (χ0) is 21.2. The number of rotatable bonds is 10. The lowest BCUT2D eigenvalue weighted by Crippen LogP contribution is -2.12. The minimum absolute atomic E-state index is 0.250. The highest BCUT2D eigenvalue weighted by Gasteiger charge is 2.12. The van der Waals surface area contributed by atoms with E-state index in [2.05, 4.69) is 24.4 Å². The molecule has 2 rings (SSSR count). The van der Waals surface area contributed by atoms with E-state index in [9.17, 15) is 4.79 Å². The molecular weight excluding hydrogens is 392 g/mol. The second-order valence-electron chi connectivity index (χ2n) is 6.49. The number of ether oxygens (including phenoxy) is 3. The van der Waals surface area contributed by atoms with Crippen molar-refractivity contribution in [1.82, 2.24) is 5.43 Å². The topological polar surface area (TPSA) is 69.2 Å². The number of carbonyl (C=O) groups excluding carboxylic acids is 1. The first kappa shape index (κ1) is 22.6. The van der Waals surface area contributed by atoms with Gasteiger partial charge < -0.3 is 14.2 Å². The molecule has 0 aromatic heterocycles. The molecule has 6 nitrogen and oxygen atoms in total. The average molecular weight is 419 g/mol. The molecular formula is C22H27ClN2O4. The van der Waals surface area contributed by atoms with Crippen LogP contribution in [-0.2, 0) is 4.79 Å². The smallest absolute Gasteiger partial charge is 0.236 e. The summed E-state index contributed by atoms with van der Waals surface area (Å²) in [5.74, 6) is 1.61. The van der Waals surface area contributed by atoms with Gasteiger partial charge in [0, 0.05) is 13.3 Å². The van der Waals surface area contributed by atoms with Crippen LogP contribution in [0.2, 0.25) is 5.02 Å². The van der Waals surface area contributed by atoms with Crippen molar-refractivity contribution < 1.29 is 19.0 Å². The molecule has 0 spiro atoms. The van der Waals surface area contributed by atoms with E-state index in [-0.39, 0.29) is 5.91 Å². The van der Waals surface area contributed by atoms with E-state index in [4.69, 9.17) is 25.8 Å². The number of amides is 1. The normalized spacial score (nSPS) is 10.8. The number of benzene rings is 2. The van der Waals surface area contributed by atoms with Crippen LogP contribution in [0.15, 0.2) is 35.4 Å². The highest BCUT2D eigenvalue weighted by atomic mass is 35.5. The summed E-state index contributed by atoms with van der Waals surface area (Å²) in [6, 6.07) is 9.51. The molecule has 0 aliphatic heterocycles. The summed E-state index contributed by atoms with van der Waals surface area (Å²) < 4.78 is 17.3. The zero-order valence-electron chi connectivity index (χ0n) is 17.3. The van der Waals surface area contributed by atoms with Crippen molar-refractivity contribution in [3.8, 4) is 17.2 Å². The van der Waals surface area contributed by atoms with Crippen molar-refractivity contribution in [2.24, 2.45) is 5.10 Å². The van der Waals surface area contributed by atoms with Crippen LogP contribution in [0.4, 0.5) is 0 Å². The molecule has 0 heterocycles. The van der Waals surface area contributed by atoms with Crippen molar-refractivity contribution >= 4 is 23.7 Å². The Morgan fingerprint density at radius 1 is 1.10 bits per heavy atom. The maximum absolute atomic E-state index is 10.9. The predicted molar refractivity (Wildman–Crippen MR) is 116 cm³/mol. The number of nitrogens with one attached hydrogen (secondary N) is 1. The Hall–Kier alpha value is -2.73. The first-order valence-corrected chi connectivity index (χ1v) is 9.87. The lowest BCUT2D eigenvalue weighted by Gasteiger charge is -2.15. The fraction of sp³-hybridized carbons (Fsp3) is 0.364. The summed E-state index contributed by atoms with van der Waals surface area (Å²) in [6.07, 6.45) is 2.19. The molecule has 0 saturated carbocycles. The van der Waals surface area contributed by atoms with Crippen LogP contribution in [0.1, 0.15) is 37.0 Å². The van der Waals surface area contributed by atoms with Gasteiger partial charge >= 0.3 is 0 Å². The third-order valence-corrected chi connectivity index (χ3v) is 4.33. The van der Waals surface area contributed by atoms with Gasteiger partial charge in [0.1, 0.15) is 5.75 Å². The average Bonchev–Trinajstić information content (AvgIpc) is 2.66. The van der Waals surface area contributed by atoms with Crippen molar-refractivity contribution in [2.75, 3.05) is 19.8 Å². The van der Waals surface area contributed by atoms with Gasteiger partial charge in [0.25, 0.3) is 0 Å². The molecule has 1 N–H and O–H groups in total. The summed E-state index contributed by atoms with van der Waals surface area (Å²) >= 11 is 6.37. The standard InChI is InChI=1S/C22H27ClN2O4/c1-5-27-21-13-18(14-24-25-17(4)26)12-20(23)22(21)29-10-6-9-28-19-8-7-15(2)16(3)11-19/h7-8,11-14H,5-6,9-10H2,1-4H3,(H,25,26)/b24-14-. The number of nitrogens with zero attached hydrogens (tertiary/aromatic N) is 1. The quantitative estimate of drug-likeness (QED) is 0.345. The Bertz CT molecular complexity index is 868. The van der Waals surface area contributed by atoms with E-state index in [1.54, 1.807) is 12.1 Å². The molecule has 2 aromatic carbocycles. The van der Waals surface area contributed by atoms with Gasteiger partial charge in [-0.05, 0) is 61.7 Å². The molecule has 7 heteroatoms. The third-order valence-electron chi connectivity index (χ3n) is 4.05. The largest absolute Gasteiger partial charge is 0.493 e. The van der Waals surface area contributed by atoms with Crippen molar-refractivity contribution in [3.05, 3.63) is 52.0 Å². The van der Waals surface area contributed by atoms with Gasteiger partial charge in [-0.3, -0.25) is 4.79 Å². The van der Waals surface area contributed by atoms with E-state index in [0.29, 0.717) is 48.3 Å². The number of hydrogen-bond donors (Lipinski definition) is 1. The Morgan fingerprint density at radius 2 is 1.86 bits per heavy atom. The SMILES string of the molecule is CCOc1cc(/C=N\NC(C)=O)cc(Cl)c1OCCCOc1ccc(C)c(C)c1. The van der Waals surface area contributed by atoms with E-state index in [1.165, 1.54) is 24.3 Å². The van der Waals surface area contributed by atoms with Gasteiger partial charge in [0.05, 0.1) is 31.1 Å². The second kappa shape index (κ2) is 11.3. The highest BCUT2D eigenvalue weighted by molar-refractivity contribution is 6.32. The molecule has 0 aliphatic rings. The Balaban J connectivity index is 1.93. The first-order chi connectivity index (χ1) is 13.9. The third kappa shape index (κ3) is 7.31. The molecule has 2 aromatic rings. The van der Waals surface area contributed by atoms with Crippen LogP contribution in [0.3, 0.4) is 0 Å². The summed E-state index contributed by atoms with van der Waals surface area (Å²) in [6.45, 7) is 8.84. The van der Waals surface area contributed by atoms with E-state index < -0.39 is 0 Å². The first-order valence-electron chi connectivity index (χ1n) is 9.49. The Kier molecular flexibility index (Phi) is 8.80. The number of hydrogen-bond acceptors (Lipinski definition) is 5. The Labute approximate surface area is 176 Å². The van der Waals surface area contributed by atoms with Gasteiger partial charge in [0.2, 0.25) is 5.91 Å². The fourth-order valence-corrected chi connectivity index (χ4v) is 2.76. The van der Waals surface area contributed by atoms with Crippen LogP contribution in [0, 0.1) is 13.8 Å². The van der Waals surface area contributed by atoms with Crippen LogP contribution >= 0.6 is 11.6 Å². The fourth-order valence-electron chi connectivity index (χ4n) is 2.49. The van der Waals surface area contributed by atoms with E-state index >= 15 is 0 Å². The van der Waals surface area contributed by atoms with Gasteiger partial charge in [-0.25, -0.2) is 5.43 Å². The lowest BCUT2D eigenvalue weighted by molar-refractivity contribution is -0.118. The second-order valence-corrected chi connectivity index (χ2v) is 6.89. The number of carbonyl (C=O) groups is 1. The van der Waals surface area contributed by atoms with Crippen LogP contribution < -0.4 is 19.6 Å². The van der Waals surface area contributed by atoms with Crippen LogP contribution in [0.25, 0.3) is 0 Å². The number of aryl methyl sites for hydroxylation is 2. The van der Waals surface area contributed by atoms with Gasteiger partial charge in [-0.1, -0.05) is 17.7 Å². The maximum atomic E-state index is 10.9. The highest BCUT2D eigenvalue weighted by Crippen LogP contribution is 2.36. The lowest BCUT2D eigenvalue weighted by atomic mass is 10.1. The van der Waals surface area contributed by atoms with Gasteiger partial charge in [-0.15, -0.1) is 0 Å². The molecule has 1 amide bonds. The van der Waals surface area contributed by atoms with E-state index in [1.807, 2.05) is 25.1 Å². The summed E-state index contributed by atoms with van der Waals surface area (Å²) in [5, 5.41) is 4.26. The van der Waals surface area contributed by atoms with Crippen molar-refractivity contribution in [1.29, 1.82) is 0 Å². The molecule has 0 atom stereocenters.